The third-order valence-corrected chi connectivity index (χ3v) is 7.22. The first-order valence-corrected chi connectivity index (χ1v) is 12.8. The zero-order valence-electron chi connectivity index (χ0n) is 18.8. The smallest absolute Gasteiger partial charge is 0.238 e. The van der Waals surface area contributed by atoms with Crippen molar-refractivity contribution in [1.29, 1.82) is 0 Å². The number of hydrogen-bond acceptors (Lipinski definition) is 7. The third kappa shape index (κ3) is 4.63. The summed E-state index contributed by atoms with van der Waals surface area (Å²) >= 11 is 1.29. The number of para-hydroxylation sites is 2. The molecule has 0 aliphatic carbocycles. The molecule has 0 radical (unpaired) electrons. The lowest BCUT2D eigenvalue weighted by Gasteiger charge is -2.11. The standard InChI is InChI=1S/C23H23N5O4S2/c1-15-12-19(16(2)28(15)17-8-10-18(11-9-17)34(24,30)31)21(29)13-33-23-26-25-14-27(23)20-6-4-5-7-22(20)32-3/h4-12,14H,13H2,1-3H3,(H2,24,30,31). The van der Waals surface area contributed by atoms with Crippen molar-refractivity contribution in [1.82, 2.24) is 19.3 Å². The Kier molecular flexibility index (Phi) is 6.60. The highest BCUT2D eigenvalue weighted by Crippen LogP contribution is 2.28. The quantitative estimate of drug-likeness (QED) is 0.293. The van der Waals surface area contributed by atoms with Crippen LogP contribution in [0, 0.1) is 13.8 Å². The van der Waals surface area contributed by atoms with E-state index in [9.17, 15) is 13.2 Å². The van der Waals surface area contributed by atoms with Crippen molar-refractivity contribution in [3.8, 4) is 17.1 Å². The molecular formula is C23H23N5O4S2. The zero-order chi connectivity index (χ0) is 24.5. The fraction of sp³-hybridized carbons (Fsp3) is 0.174. The Hall–Kier alpha value is -3.41. The van der Waals surface area contributed by atoms with Crippen molar-refractivity contribution in [2.45, 2.75) is 23.9 Å². The summed E-state index contributed by atoms with van der Waals surface area (Å²) in [6.07, 6.45) is 1.59. The summed E-state index contributed by atoms with van der Waals surface area (Å²) in [7, 11) is -2.18. The van der Waals surface area contributed by atoms with Crippen LogP contribution in [0.3, 0.4) is 0 Å². The number of primary sulfonamides is 1. The minimum absolute atomic E-state index is 0.0329. The van der Waals surface area contributed by atoms with E-state index in [1.54, 1.807) is 30.1 Å². The largest absolute Gasteiger partial charge is 0.495 e. The Morgan fingerprint density at radius 2 is 1.82 bits per heavy atom. The fourth-order valence-electron chi connectivity index (χ4n) is 3.75. The number of ether oxygens (including phenoxy) is 1. The van der Waals surface area contributed by atoms with Crippen molar-refractivity contribution in [2.75, 3.05) is 12.9 Å². The van der Waals surface area contributed by atoms with Gasteiger partial charge in [-0.1, -0.05) is 23.9 Å². The second-order valence-corrected chi connectivity index (χ2v) is 10.0. The molecule has 9 nitrogen and oxygen atoms in total. The summed E-state index contributed by atoms with van der Waals surface area (Å²) in [5, 5.41) is 13.9. The highest BCUT2D eigenvalue weighted by Gasteiger charge is 2.19. The zero-order valence-corrected chi connectivity index (χ0v) is 20.4. The average Bonchev–Trinajstić information content (AvgIpc) is 3.40. The molecule has 176 valence electrons. The summed E-state index contributed by atoms with van der Waals surface area (Å²) < 4.78 is 32.2. The number of methoxy groups -OCH3 is 1. The van der Waals surface area contributed by atoms with Crippen LogP contribution in [0.1, 0.15) is 21.7 Å². The van der Waals surface area contributed by atoms with Crippen LogP contribution in [-0.4, -0.2) is 46.4 Å². The number of Topliss-reactive ketones (excluding diaryl/α,β-unsaturated/α-hetero) is 1. The number of ketones is 1. The number of nitrogens with zero attached hydrogens (tertiary/aromatic N) is 4. The number of aromatic nitrogens is 4. The molecule has 0 bridgehead atoms. The van der Waals surface area contributed by atoms with Crippen molar-refractivity contribution >= 4 is 27.6 Å². The maximum atomic E-state index is 13.1. The van der Waals surface area contributed by atoms with E-state index in [-0.39, 0.29) is 16.4 Å². The van der Waals surface area contributed by atoms with Crippen molar-refractivity contribution in [3.05, 3.63) is 77.9 Å². The van der Waals surface area contributed by atoms with E-state index in [0.29, 0.717) is 16.5 Å². The van der Waals surface area contributed by atoms with Crippen molar-refractivity contribution in [2.24, 2.45) is 5.14 Å². The van der Waals surface area contributed by atoms with Gasteiger partial charge in [-0.3, -0.25) is 9.36 Å². The van der Waals surface area contributed by atoms with Gasteiger partial charge in [-0.2, -0.15) is 0 Å². The maximum Gasteiger partial charge on any atom is 0.238 e. The molecule has 11 heteroatoms. The second-order valence-electron chi connectivity index (χ2n) is 7.53. The molecule has 2 aromatic heterocycles. The van der Waals surface area contributed by atoms with Gasteiger partial charge in [0.25, 0.3) is 0 Å². The lowest BCUT2D eigenvalue weighted by Crippen LogP contribution is -2.12. The number of carbonyl (C=O) groups excluding carboxylic acids is 1. The number of benzene rings is 2. The molecule has 2 heterocycles. The third-order valence-electron chi connectivity index (χ3n) is 5.35. The first-order valence-electron chi connectivity index (χ1n) is 10.2. The van der Waals surface area contributed by atoms with Crippen LogP contribution in [0.5, 0.6) is 5.75 Å². The summed E-state index contributed by atoms with van der Waals surface area (Å²) in [6.45, 7) is 3.75. The monoisotopic (exact) mass is 497 g/mol. The average molecular weight is 498 g/mol. The normalized spacial score (nSPS) is 11.5. The highest BCUT2D eigenvalue weighted by atomic mass is 32.2. The molecular weight excluding hydrogens is 474 g/mol. The van der Waals surface area contributed by atoms with Crippen molar-refractivity contribution < 1.29 is 17.9 Å². The van der Waals surface area contributed by atoms with Crippen LogP contribution in [0.25, 0.3) is 11.4 Å². The second kappa shape index (κ2) is 9.45. The van der Waals surface area contributed by atoms with E-state index in [4.69, 9.17) is 9.88 Å². The van der Waals surface area contributed by atoms with Gasteiger partial charge in [0.2, 0.25) is 10.0 Å². The molecule has 0 spiro atoms. The summed E-state index contributed by atoms with van der Waals surface area (Å²) in [5.41, 5.74) is 3.73. The molecule has 4 rings (SSSR count). The van der Waals surface area contributed by atoms with Gasteiger partial charge >= 0.3 is 0 Å². The van der Waals surface area contributed by atoms with Crippen molar-refractivity contribution in [3.63, 3.8) is 0 Å². The minimum atomic E-state index is -3.77. The molecule has 0 amide bonds. The van der Waals surface area contributed by atoms with Gasteiger partial charge in [0.1, 0.15) is 12.1 Å². The Labute approximate surface area is 201 Å². The number of aryl methyl sites for hydroxylation is 1. The SMILES string of the molecule is COc1ccccc1-n1cnnc1SCC(=O)c1cc(C)n(-c2ccc(S(N)(=O)=O)cc2)c1C. The number of hydrogen-bond donors (Lipinski definition) is 1. The van der Waals surface area contributed by atoms with Crippen LogP contribution in [0.4, 0.5) is 0 Å². The molecule has 34 heavy (non-hydrogen) atoms. The number of thioether (sulfide) groups is 1. The predicted molar refractivity (Wildman–Crippen MR) is 130 cm³/mol. The van der Waals surface area contributed by atoms with Crippen LogP contribution < -0.4 is 9.88 Å². The molecule has 0 atom stereocenters. The van der Waals surface area contributed by atoms with Crippen LogP contribution >= 0.6 is 11.8 Å². The maximum absolute atomic E-state index is 13.1. The van der Waals surface area contributed by atoms with Gasteiger partial charge in [-0.15, -0.1) is 10.2 Å². The number of carbonyl (C=O) groups is 1. The predicted octanol–water partition coefficient (Wildman–Crippen LogP) is 3.31. The molecule has 0 aliphatic heterocycles. The summed E-state index contributed by atoms with van der Waals surface area (Å²) in [6, 6.07) is 15.6. The molecule has 2 N–H and O–H groups in total. The Bertz CT molecular complexity index is 1460. The van der Waals surface area contributed by atoms with Gasteiger partial charge in [0.05, 0.1) is 23.4 Å². The molecule has 0 aliphatic rings. The van der Waals surface area contributed by atoms with Crippen LogP contribution in [0.2, 0.25) is 0 Å². The molecule has 2 aromatic carbocycles. The topological polar surface area (TPSA) is 122 Å². The van der Waals surface area contributed by atoms with E-state index in [0.717, 1.165) is 22.8 Å². The molecule has 0 unspecified atom stereocenters. The van der Waals surface area contributed by atoms with Crippen LogP contribution in [-0.2, 0) is 10.0 Å². The van der Waals surface area contributed by atoms with E-state index in [2.05, 4.69) is 10.2 Å². The number of rotatable bonds is 8. The van der Waals surface area contributed by atoms with E-state index in [1.165, 1.54) is 23.9 Å². The highest BCUT2D eigenvalue weighted by molar-refractivity contribution is 7.99. The molecule has 0 fully saturated rings. The molecule has 0 saturated heterocycles. The number of sulfonamides is 1. The van der Waals surface area contributed by atoms with Gasteiger partial charge < -0.3 is 9.30 Å². The van der Waals surface area contributed by atoms with Gasteiger partial charge in [-0.05, 0) is 56.3 Å². The first-order chi connectivity index (χ1) is 16.2. The summed E-state index contributed by atoms with van der Waals surface area (Å²) in [5.74, 6) is 0.787. The van der Waals surface area contributed by atoms with E-state index >= 15 is 0 Å². The Morgan fingerprint density at radius 1 is 1.12 bits per heavy atom. The lowest BCUT2D eigenvalue weighted by molar-refractivity contribution is 0.102. The number of nitrogens with two attached hydrogens (primary N) is 1. The van der Waals surface area contributed by atoms with Gasteiger partial charge in [-0.25, -0.2) is 13.6 Å². The lowest BCUT2D eigenvalue weighted by atomic mass is 10.2. The first kappa shape index (κ1) is 23.7. The van der Waals surface area contributed by atoms with Crippen LogP contribution in [0.15, 0.2) is 71.0 Å². The Morgan fingerprint density at radius 3 is 2.50 bits per heavy atom. The molecule has 0 saturated carbocycles. The van der Waals surface area contributed by atoms with E-state index < -0.39 is 10.0 Å². The summed E-state index contributed by atoms with van der Waals surface area (Å²) in [4.78, 5) is 13.1. The van der Waals surface area contributed by atoms with Gasteiger partial charge in [0.15, 0.2) is 10.9 Å². The minimum Gasteiger partial charge on any atom is -0.495 e. The van der Waals surface area contributed by atoms with Gasteiger partial charge in [0, 0.05) is 22.6 Å². The Balaban J connectivity index is 1.56. The van der Waals surface area contributed by atoms with E-state index in [1.807, 2.05) is 48.7 Å². The molecule has 4 aromatic rings. The fourth-order valence-corrected chi connectivity index (χ4v) is 5.07.